The Bertz CT molecular complexity index is 980. The van der Waals surface area contributed by atoms with Gasteiger partial charge in [-0.25, -0.2) is 0 Å². The maximum Gasteiger partial charge on any atom is 0.255 e. The normalized spacial score (nSPS) is 15.1. The summed E-state index contributed by atoms with van der Waals surface area (Å²) >= 11 is 0. The summed E-state index contributed by atoms with van der Waals surface area (Å²) in [4.78, 5) is 26.8. The number of carbonyl (C=O) groups is 2. The number of hydrogen-bond acceptors (Lipinski definition) is 3. The molecule has 0 atom stereocenters. The molecule has 1 aliphatic rings. The first kappa shape index (κ1) is 18.3. The number of carbonyl (C=O) groups excluding carboxylic acids is 2. The van der Waals surface area contributed by atoms with E-state index in [1.165, 1.54) is 11.6 Å². The Kier molecular flexibility index (Phi) is 5.19. The lowest BCUT2D eigenvalue weighted by Crippen LogP contribution is -2.46. The average Bonchev–Trinajstić information content (AvgIpc) is 3.33. The number of fused-ring (bicyclic) bond motifs is 1. The van der Waals surface area contributed by atoms with Gasteiger partial charge in [-0.2, -0.15) is 0 Å². The molecule has 1 N–H and O–H groups in total. The van der Waals surface area contributed by atoms with Crippen LogP contribution in [0.1, 0.15) is 35.4 Å². The molecule has 1 aliphatic heterocycles. The molecule has 2 aromatic heterocycles. The van der Waals surface area contributed by atoms with Crippen molar-refractivity contribution in [3.63, 3.8) is 0 Å². The van der Waals surface area contributed by atoms with Gasteiger partial charge in [-0.3, -0.25) is 9.59 Å². The van der Waals surface area contributed by atoms with Crippen molar-refractivity contribution in [3.8, 4) is 0 Å². The SMILES string of the molecule is Cc1occc1C(=O)NC1CCN(C(=O)CCn2ccc3ccccc32)CC1. The Labute approximate surface area is 164 Å². The molecule has 0 radical (unpaired) electrons. The fourth-order valence-electron chi connectivity index (χ4n) is 3.87. The van der Waals surface area contributed by atoms with E-state index in [0.29, 0.717) is 37.4 Å². The van der Waals surface area contributed by atoms with Crippen LogP contribution in [0.5, 0.6) is 0 Å². The molecule has 28 heavy (non-hydrogen) atoms. The molecule has 1 fully saturated rings. The van der Waals surface area contributed by atoms with E-state index < -0.39 is 0 Å². The van der Waals surface area contributed by atoms with Crippen molar-refractivity contribution in [1.82, 2.24) is 14.8 Å². The second kappa shape index (κ2) is 7.92. The summed E-state index contributed by atoms with van der Waals surface area (Å²) in [6, 6.07) is 12.1. The van der Waals surface area contributed by atoms with Crippen LogP contribution >= 0.6 is 0 Å². The summed E-state index contributed by atoms with van der Waals surface area (Å²) in [5.74, 6) is 0.700. The number of benzene rings is 1. The third kappa shape index (κ3) is 3.81. The van der Waals surface area contributed by atoms with E-state index in [-0.39, 0.29) is 17.9 Å². The molecule has 0 unspecified atom stereocenters. The molecule has 6 nitrogen and oxygen atoms in total. The van der Waals surface area contributed by atoms with E-state index in [4.69, 9.17) is 4.42 Å². The van der Waals surface area contributed by atoms with Crippen molar-refractivity contribution < 1.29 is 14.0 Å². The van der Waals surface area contributed by atoms with Gasteiger partial charge in [-0.15, -0.1) is 0 Å². The summed E-state index contributed by atoms with van der Waals surface area (Å²) in [5, 5.41) is 4.25. The van der Waals surface area contributed by atoms with Crippen LogP contribution in [0.3, 0.4) is 0 Å². The molecule has 0 spiro atoms. The van der Waals surface area contributed by atoms with Gasteiger partial charge in [0.15, 0.2) is 0 Å². The van der Waals surface area contributed by atoms with Crippen LogP contribution in [-0.2, 0) is 11.3 Å². The maximum atomic E-state index is 12.6. The number of hydrogen-bond donors (Lipinski definition) is 1. The average molecular weight is 379 g/mol. The van der Waals surface area contributed by atoms with Crippen LogP contribution < -0.4 is 5.32 Å². The van der Waals surface area contributed by atoms with Gasteiger partial charge in [0.2, 0.25) is 5.91 Å². The van der Waals surface area contributed by atoms with Crippen molar-refractivity contribution in [1.29, 1.82) is 0 Å². The van der Waals surface area contributed by atoms with Gasteiger partial charge in [-0.05, 0) is 43.4 Å². The fourth-order valence-corrected chi connectivity index (χ4v) is 3.87. The maximum absolute atomic E-state index is 12.6. The highest BCUT2D eigenvalue weighted by atomic mass is 16.3. The quantitative estimate of drug-likeness (QED) is 0.739. The van der Waals surface area contributed by atoms with Crippen LogP contribution in [0.25, 0.3) is 10.9 Å². The van der Waals surface area contributed by atoms with Crippen LogP contribution in [0.2, 0.25) is 0 Å². The van der Waals surface area contributed by atoms with Gasteiger partial charge < -0.3 is 19.2 Å². The summed E-state index contributed by atoms with van der Waals surface area (Å²) in [5.41, 5.74) is 1.74. The Morgan fingerprint density at radius 2 is 1.93 bits per heavy atom. The van der Waals surface area contributed by atoms with Crippen LogP contribution in [0.15, 0.2) is 53.3 Å². The summed E-state index contributed by atoms with van der Waals surface area (Å²) in [7, 11) is 0. The van der Waals surface area contributed by atoms with E-state index >= 15 is 0 Å². The topological polar surface area (TPSA) is 67.5 Å². The Hall–Kier alpha value is -3.02. The zero-order valence-electron chi connectivity index (χ0n) is 16.1. The summed E-state index contributed by atoms with van der Waals surface area (Å²) in [6.07, 6.45) is 5.61. The van der Waals surface area contributed by atoms with Gasteiger partial charge in [0.25, 0.3) is 5.91 Å². The first-order valence-electron chi connectivity index (χ1n) is 9.78. The second-order valence-electron chi connectivity index (χ2n) is 7.34. The number of nitrogens with one attached hydrogen (secondary N) is 1. The summed E-state index contributed by atoms with van der Waals surface area (Å²) < 4.78 is 7.32. The zero-order valence-corrected chi connectivity index (χ0v) is 16.1. The van der Waals surface area contributed by atoms with Crippen molar-refractivity contribution in [2.24, 2.45) is 0 Å². The van der Waals surface area contributed by atoms with Gasteiger partial charge in [-0.1, -0.05) is 18.2 Å². The number of nitrogens with zero attached hydrogens (tertiary/aromatic N) is 2. The molecular weight excluding hydrogens is 354 g/mol. The number of likely N-dealkylation sites (tertiary alicyclic amines) is 1. The molecule has 4 rings (SSSR count). The van der Waals surface area contributed by atoms with Gasteiger partial charge >= 0.3 is 0 Å². The third-order valence-electron chi connectivity index (χ3n) is 5.53. The molecule has 0 saturated carbocycles. The van der Waals surface area contributed by atoms with Crippen molar-refractivity contribution in [2.45, 2.75) is 38.8 Å². The Balaban J connectivity index is 1.26. The smallest absolute Gasteiger partial charge is 0.255 e. The zero-order chi connectivity index (χ0) is 19.5. The van der Waals surface area contributed by atoms with Gasteiger partial charge in [0.05, 0.1) is 11.8 Å². The minimum Gasteiger partial charge on any atom is -0.469 e. The number of para-hydroxylation sites is 1. The number of furan rings is 1. The van der Waals surface area contributed by atoms with E-state index in [1.807, 2.05) is 23.2 Å². The van der Waals surface area contributed by atoms with Gasteiger partial charge in [0.1, 0.15) is 5.76 Å². The predicted octanol–water partition coefficient (Wildman–Crippen LogP) is 3.35. The van der Waals surface area contributed by atoms with Crippen LogP contribution in [-0.4, -0.2) is 40.4 Å². The molecule has 3 aromatic rings. The Morgan fingerprint density at radius 1 is 1.14 bits per heavy atom. The number of piperidine rings is 1. The molecule has 146 valence electrons. The molecule has 2 amide bonds. The lowest BCUT2D eigenvalue weighted by atomic mass is 10.0. The molecule has 6 heteroatoms. The largest absolute Gasteiger partial charge is 0.469 e. The number of amides is 2. The highest BCUT2D eigenvalue weighted by Gasteiger charge is 2.24. The minimum absolute atomic E-state index is 0.0965. The number of aromatic nitrogens is 1. The van der Waals surface area contributed by atoms with E-state index in [0.717, 1.165) is 18.4 Å². The molecule has 0 aliphatic carbocycles. The van der Waals surface area contributed by atoms with E-state index in [9.17, 15) is 9.59 Å². The van der Waals surface area contributed by atoms with Gasteiger partial charge in [0, 0.05) is 43.8 Å². The minimum atomic E-state index is -0.101. The van der Waals surface area contributed by atoms with Crippen molar-refractivity contribution in [2.75, 3.05) is 13.1 Å². The lowest BCUT2D eigenvalue weighted by Gasteiger charge is -2.32. The second-order valence-corrected chi connectivity index (χ2v) is 7.34. The lowest BCUT2D eigenvalue weighted by molar-refractivity contribution is -0.132. The molecule has 3 heterocycles. The highest BCUT2D eigenvalue weighted by Crippen LogP contribution is 2.17. The Morgan fingerprint density at radius 3 is 2.68 bits per heavy atom. The third-order valence-corrected chi connectivity index (χ3v) is 5.53. The summed E-state index contributed by atoms with van der Waals surface area (Å²) in [6.45, 7) is 3.83. The first-order chi connectivity index (χ1) is 13.6. The molecule has 0 bridgehead atoms. The van der Waals surface area contributed by atoms with Crippen LogP contribution in [0, 0.1) is 6.92 Å². The fraction of sp³-hybridized carbons (Fsp3) is 0.364. The van der Waals surface area contributed by atoms with E-state index in [2.05, 4.69) is 28.1 Å². The number of aryl methyl sites for hydroxylation is 2. The monoisotopic (exact) mass is 379 g/mol. The van der Waals surface area contributed by atoms with Crippen molar-refractivity contribution >= 4 is 22.7 Å². The van der Waals surface area contributed by atoms with E-state index in [1.54, 1.807) is 13.0 Å². The molecule has 1 aromatic carbocycles. The van der Waals surface area contributed by atoms with Crippen LogP contribution in [0.4, 0.5) is 0 Å². The molecule has 1 saturated heterocycles. The standard InChI is InChI=1S/C22H25N3O3/c1-16-19(10-15-28-16)22(27)23-18-7-12-25(13-8-18)21(26)9-14-24-11-6-17-4-2-3-5-20(17)24/h2-6,10-11,15,18H,7-9,12-14H2,1H3,(H,23,27). The number of rotatable bonds is 5. The predicted molar refractivity (Wildman–Crippen MR) is 107 cm³/mol. The molecular formula is C22H25N3O3. The highest BCUT2D eigenvalue weighted by molar-refractivity contribution is 5.95. The first-order valence-corrected chi connectivity index (χ1v) is 9.78. The van der Waals surface area contributed by atoms with Crippen molar-refractivity contribution in [3.05, 3.63) is 60.2 Å².